The molecule has 8 heavy (non-hydrogen) atoms. The fraction of sp³-hybridized carbons (Fsp3) is 0.750. The molecule has 0 saturated heterocycles. The van der Waals surface area contributed by atoms with Crippen LogP contribution in [0.25, 0.3) is 0 Å². The molecule has 0 radical (unpaired) electrons. The van der Waals surface area contributed by atoms with Gasteiger partial charge in [-0.05, 0) is 6.66 Å². The molecule has 0 N–H and O–H groups in total. The Hall–Kier alpha value is -0.140. The number of methoxy groups -OCH3 is 1. The maximum absolute atomic E-state index is 10.2. The third kappa shape index (κ3) is 4.03. The van der Waals surface area contributed by atoms with E-state index in [2.05, 4.69) is 4.74 Å². The highest BCUT2D eigenvalue weighted by Crippen LogP contribution is 2.02. The van der Waals surface area contributed by atoms with Crippen molar-refractivity contribution in [2.45, 2.75) is 0 Å². The van der Waals surface area contributed by atoms with E-state index in [4.69, 9.17) is 4.52 Å². The van der Waals surface area contributed by atoms with E-state index in [0.29, 0.717) is 8.81 Å². The maximum atomic E-state index is 10.2. The van der Waals surface area contributed by atoms with Gasteiger partial charge in [0.05, 0.1) is 7.11 Å². The highest BCUT2D eigenvalue weighted by molar-refractivity contribution is 7.31. The van der Waals surface area contributed by atoms with E-state index in [9.17, 15) is 4.79 Å². The number of esters is 1. The minimum Gasteiger partial charge on any atom is -0.467 e. The molecule has 0 aromatic rings. The third-order valence-corrected chi connectivity index (χ3v) is 0.995. The van der Waals surface area contributed by atoms with Crippen LogP contribution in [0, 0.1) is 0 Å². The molecule has 0 rings (SSSR count). The number of hydrogen-bond acceptors (Lipinski definition) is 3. The summed E-state index contributed by atoms with van der Waals surface area (Å²) >= 11 is 0. The van der Waals surface area contributed by atoms with E-state index in [1.54, 1.807) is 0 Å². The van der Waals surface area contributed by atoms with Crippen LogP contribution in [0.5, 0.6) is 0 Å². The van der Waals surface area contributed by atoms with E-state index >= 15 is 0 Å². The van der Waals surface area contributed by atoms with Gasteiger partial charge in [-0.2, -0.15) is 0 Å². The van der Waals surface area contributed by atoms with Crippen molar-refractivity contribution < 1.29 is 14.1 Å². The number of carbonyl (C=O) groups is 1. The smallest absolute Gasteiger partial charge is 0.332 e. The van der Waals surface area contributed by atoms with Crippen molar-refractivity contribution in [1.29, 1.82) is 0 Å². The van der Waals surface area contributed by atoms with Crippen LogP contribution in [-0.4, -0.2) is 26.4 Å². The van der Waals surface area contributed by atoms with Crippen LogP contribution in [0.15, 0.2) is 0 Å². The summed E-state index contributed by atoms with van der Waals surface area (Å²) in [5.74, 6) is -0.320. The van der Waals surface area contributed by atoms with Crippen molar-refractivity contribution in [1.82, 2.24) is 0 Å². The summed E-state index contributed by atoms with van der Waals surface area (Å²) in [5, 5.41) is 0. The van der Waals surface area contributed by atoms with Crippen LogP contribution < -0.4 is 0 Å². The van der Waals surface area contributed by atoms with Gasteiger partial charge in [-0.3, -0.25) is 0 Å². The molecule has 1 unspecified atom stereocenters. The first-order valence-corrected chi connectivity index (χ1v) is 3.57. The summed E-state index contributed by atoms with van der Waals surface area (Å²) < 4.78 is 9.03. The van der Waals surface area contributed by atoms with E-state index in [1.807, 2.05) is 6.66 Å². The Balaban J connectivity index is 2.99. The molecule has 0 bridgehead atoms. The lowest BCUT2D eigenvalue weighted by Gasteiger charge is -1.95. The van der Waals surface area contributed by atoms with Crippen LogP contribution in [0.1, 0.15) is 0 Å². The van der Waals surface area contributed by atoms with Gasteiger partial charge in [0.1, 0.15) is 6.61 Å². The van der Waals surface area contributed by atoms with Crippen LogP contribution in [0.4, 0.5) is 0 Å². The molecule has 0 aliphatic rings. The van der Waals surface area contributed by atoms with Crippen molar-refractivity contribution in [2.75, 3.05) is 20.4 Å². The fourth-order valence-corrected chi connectivity index (χ4v) is 0.452. The standard InChI is InChI=1S/C4H9O3P/c1-6-4(5)3-7-8-2/h8H,3H2,1-2H3. The Morgan fingerprint density at radius 3 is 2.75 bits per heavy atom. The number of rotatable bonds is 3. The summed E-state index contributed by atoms with van der Waals surface area (Å²) in [6.07, 6.45) is 0. The minimum absolute atomic E-state index is 0.0748. The molecule has 48 valence electrons. The summed E-state index contributed by atoms with van der Waals surface area (Å²) in [6, 6.07) is 0. The van der Waals surface area contributed by atoms with E-state index in [1.165, 1.54) is 7.11 Å². The quantitative estimate of drug-likeness (QED) is 0.416. The van der Waals surface area contributed by atoms with Gasteiger partial charge in [-0.1, -0.05) is 0 Å². The van der Waals surface area contributed by atoms with Crippen molar-refractivity contribution >= 4 is 14.8 Å². The Bertz CT molecular complexity index is 73.7. The van der Waals surface area contributed by atoms with Crippen molar-refractivity contribution in [3.05, 3.63) is 0 Å². The van der Waals surface area contributed by atoms with Gasteiger partial charge in [0, 0.05) is 8.81 Å². The van der Waals surface area contributed by atoms with Gasteiger partial charge in [-0.25, -0.2) is 4.79 Å². The zero-order valence-electron chi connectivity index (χ0n) is 4.93. The topological polar surface area (TPSA) is 35.5 Å². The van der Waals surface area contributed by atoms with Crippen LogP contribution >= 0.6 is 8.81 Å². The van der Waals surface area contributed by atoms with Crippen LogP contribution in [-0.2, 0) is 14.1 Å². The molecule has 0 amide bonds. The van der Waals surface area contributed by atoms with Crippen molar-refractivity contribution in [3.63, 3.8) is 0 Å². The molecule has 0 heterocycles. The summed E-state index contributed by atoms with van der Waals surface area (Å²) in [5.41, 5.74) is 0. The molecule has 0 aliphatic carbocycles. The molecule has 3 nitrogen and oxygen atoms in total. The maximum Gasteiger partial charge on any atom is 0.332 e. The van der Waals surface area contributed by atoms with Gasteiger partial charge in [0.25, 0.3) is 0 Å². The first-order chi connectivity index (χ1) is 3.81. The first kappa shape index (κ1) is 7.86. The fourth-order valence-electron chi connectivity index (χ4n) is 0.190. The van der Waals surface area contributed by atoms with E-state index in [-0.39, 0.29) is 12.6 Å². The average molecular weight is 136 g/mol. The molecule has 1 atom stereocenters. The number of ether oxygens (including phenoxy) is 1. The molecule has 0 aliphatic heterocycles. The minimum atomic E-state index is -0.320. The predicted molar refractivity (Wildman–Crippen MR) is 32.2 cm³/mol. The molecular formula is C4H9O3P. The lowest BCUT2D eigenvalue weighted by molar-refractivity contribution is -0.142. The van der Waals surface area contributed by atoms with Crippen molar-refractivity contribution in [2.24, 2.45) is 0 Å². The summed E-state index contributed by atoms with van der Waals surface area (Å²) in [6.45, 7) is 1.92. The Morgan fingerprint density at radius 2 is 2.38 bits per heavy atom. The lowest BCUT2D eigenvalue weighted by Crippen LogP contribution is -2.05. The zero-order valence-corrected chi connectivity index (χ0v) is 5.93. The first-order valence-electron chi connectivity index (χ1n) is 2.16. The largest absolute Gasteiger partial charge is 0.467 e. The summed E-state index contributed by atoms with van der Waals surface area (Å²) in [7, 11) is 1.69. The highest BCUT2D eigenvalue weighted by Gasteiger charge is 1.95. The number of hydrogen-bond donors (Lipinski definition) is 0. The molecule has 0 aromatic carbocycles. The monoisotopic (exact) mass is 136 g/mol. The Morgan fingerprint density at radius 1 is 1.75 bits per heavy atom. The number of carbonyl (C=O) groups excluding carboxylic acids is 1. The Labute approximate surface area is 50.2 Å². The average Bonchev–Trinajstić information content (AvgIpc) is 1.83. The van der Waals surface area contributed by atoms with E-state index in [0.717, 1.165) is 0 Å². The van der Waals surface area contributed by atoms with Crippen LogP contribution in [0.3, 0.4) is 0 Å². The van der Waals surface area contributed by atoms with Gasteiger partial charge >= 0.3 is 5.97 Å². The lowest BCUT2D eigenvalue weighted by atomic mass is 10.8. The molecule has 4 heteroatoms. The molecule has 0 saturated carbocycles. The van der Waals surface area contributed by atoms with Gasteiger partial charge in [0.15, 0.2) is 0 Å². The molecular weight excluding hydrogens is 127 g/mol. The Kier molecular flexibility index (Phi) is 4.92. The SMILES string of the molecule is COC(=O)COPC. The normalized spacial score (nSPS) is 10.2. The molecule has 0 spiro atoms. The van der Waals surface area contributed by atoms with Gasteiger partial charge in [0.2, 0.25) is 0 Å². The second-order valence-corrected chi connectivity index (χ2v) is 1.77. The predicted octanol–water partition coefficient (Wildman–Crippen LogP) is 0.399. The van der Waals surface area contributed by atoms with Gasteiger partial charge < -0.3 is 9.26 Å². The summed E-state index contributed by atoms with van der Waals surface area (Å²) in [4.78, 5) is 10.2. The highest BCUT2D eigenvalue weighted by atomic mass is 31.1. The second kappa shape index (κ2) is 5.01. The molecule has 0 aromatic heterocycles. The zero-order chi connectivity index (χ0) is 6.41. The molecule has 0 fully saturated rings. The second-order valence-electron chi connectivity index (χ2n) is 1.07. The van der Waals surface area contributed by atoms with Crippen molar-refractivity contribution in [3.8, 4) is 0 Å². The third-order valence-electron chi connectivity index (χ3n) is 0.562. The van der Waals surface area contributed by atoms with E-state index < -0.39 is 0 Å². The van der Waals surface area contributed by atoms with Gasteiger partial charge in [-0.15, -0.1) is 0 Å². The van der Waals surface area contributed by atoms with Crippen LogP contribution in [0.2, 0.25) is 0 Å².